The van der Waals surface area contributed by atoms with Gasteiger partial charge in [-0.2, -0.15) is 0 Å². The third kappa shape index (κ3) is 1.89. The lowest BCUT2D eigenvalue weighted by Gasteiger charge is -2.51. The van der Waals surface area contributed by atoms with Crippen LogP contribution < -0.4 is 0 Å². The number of carbonyl (C=O) groups excluding carboxylic acids is 2. The Morgan fingerprint density at radius 3 is 1.85 bits per heavy atom. The van der Waals surface area contributed by atoms with Crippen molar-refractivity contribution in [3.05, 3.63) is 0 Å². The first kappa shape index (κ1) is 14.2. The molecule has 0 N–H and O–H groups in total. The van der Waals surface area contributed by atoms with Crippen molar-refractivity contribution in [1.29, 1.82) is 0 Å². The van der Waals surface area contributed by atoms with Crippen LogP contribution in [0.15, 0.2) is 0 Å². The van der Waals surface area contributed by atoms with Gasteiger partial charge in [-0.1, -0.05) is 12.8 Å². The molecule has 20 heavy (non-hydrogen) atoms. The molecule has 3 aliphatic rings. The first-order chi connectivity index (χ1) is 9.51. The van der Waals surface area contributed by atoms with Crippen molar-refractivity contribution in [1.82, 2.24) is 4.90 Å². The lowest BCUT2D eigenvalue weighted by atomic mass is 9.61. The Labute approximate surface area is 122 Å². The highest BCUT2D eigenvalue weighted by Crippen LogP contribution is 2.53. The molecule has 3 nitrogen and oxygen atoms in total. The largest absolute Gasteiger partial charge is 0.303 e. The maximum Gasteiger partial charge on any atom is 0.146 e. The molecule has 0 heterocycles. The van der Waals surface area contributed by atoms with Gasteiger partial charge in [0.15, 0.2) is 0 Å². The van der Waals surface area contributed by atoms with Crippen molar-refractivity contribution in [2.24, 2.45) is 11.3 Å². The predicted molar refractivity (Wildman–Crippen MR) is 78.5 cm³/mol. The first-order valence-electron chi connectivity index (χ1n) is 8.25. The van der Waals surface area contributed by atoms with Gasteiger partial charge in [-0.15, -0.1) is 0 Å². The Bertz CT molecular complexity index is 395. The maximum absolute atomic E-state index is 12.2. The molecule has 3 fully saturated rings. The van der Waals surface area contributed by atoms with Gasteiger partial charge in [0, 0.05) is 18.4 Å². The molecule has 3 aliphatic carbocycles. The van der Waals surface area contributed by atoms with E-state index in [-0.39, 0.29) is 17.1 Å². The smallest absolute Gasteiger partial charge is 0.146 e. The summed E-state index contributed by atoms with van der Waals surface area (Å²) in [6.07, 6.45) is 10.0. The zero-order valence-electron chi connectivity index (χ0n) is 12.9. The van der Waals surface area contributed by atoms with E-state index < -0.39 is 5.41 Å². The van der Waals surface area contributed by atoms with Crippen molar-refractivity contribution in [3.8, 4) is 0 Å². The van der Waals surface area contributed by atoms with Crippen molar-refractivity contribution >= 4 is 11.6 Å². The molecule has 3 saturated carbocycles. The van der Waals surface area contributed by atoms with Crippen LogP contribution in [0.25, 0.3) is 0 Å². The molecule has 0 aromatic carbocycles. The molecule has 0 atom stereocenters. The summed E-state index contributed by atoms with van der Waals surface area (Å²) in [4.78, 5) is 26.9. The normalized spacial score (nSPS) is 29.8. The van der Waals surface area contributed by atoms with E-state index in [1.165, 1.54) is 25.7 Å². The molecular weight excluding hydrogens is 250 g/mol. The number of rotatable bonds is 2. The maximum atomic E-state index is 12.2. The summed E-state index contributed by atoms with van der Waals surface area (Å²) >= 11 is 0. The number of carbonyl (C=O) groups is 2. The van der Waals surface area contributed by atoms with E-state index >= 15 is 0 Å². The van der Waals surface area contributed by atoms with Crippen LogP contribution in [0, 0.1) is 11.3 Å². The molecular formula is C17H27NO2. The minimum atomic E-state index is -0.571. The fourth-order valence-corrected chi connectivity index (χ4v) is 5.21. The van der Waals surface area contributed by atoms with Gasteiger partial charge in [-0.3, -0.25) is 9.59 Å². The van der Waals surface area contributed by atoms with E-state index in [9.17, 15) is 9.59 Å². The highest BCUT2D eigenvalue weighted by atomic mass is 16.2. The van der Waals surface area contributed by atoms with Crippen LogP contribution in [-0.4, -0.2) is 36.1 Å². The highest BCUT2D eigenvalue weighted by molar-refractivity contribution is 6.12. The average Bonchev–Trinajstić information content (AvgIpc) is 3.05. The Kier molecular flexibility index (Phi) is 3.52. The number of Topliss-reactive ketones (excluding diaryl/α,β-unsaturated/α-hetero) is 2. The van der Waals surface area contributed by atoms with Gasteiger partial charge in [0.25, 0.3) is 0 Å². The second-order valence-corrected chi connectivity index (χ2v) is 7.41. The van der Waals surface area contributed by atoms with Crippen LogP contribution in [0.4, 0.5) is 0 Å². The Morgan fingerprint density at radius 1 is 0.900 bits per heavy atom. The summed E-state index contributed by atoms with van der Waals surface area (Å²) < 4.78 is 0. The van der Waals surface area contributed by atoms with Gasteiger partial charge in [-0.05, 0) is 58.5 Å². The minimum Gasteiger partial charge on any atom is -0.303 e. The second kappa shape index (κ2) is 4.94. The standard InChI is InChI=1S/C17H27NO2/c1-18(2)17(13-5-3-4-6-13)11-9-16(10-12-17)14(19)7-8-15(16)20/h13H,3-12H2,1-2H3. The summed E-state index contributed by atoms with van der Waals surface area (Å²) in [5.41, 5.74) is -0.330. The van der Waals surface area contributed by atoms with Crippen LogP contribution >= 0.6 is 0 Å². The Hall–Kier alpha value is -0.700. The highest BCUT2D eigenvalue weighted by Gasteiger charge is 2.55. The van der Waals surface area contributed by atoms with Crippen molar-refractivity contribution in [2.45, 2.75) is 69.7 Å². The number of hydrogen-bond acceptors (Lipinski definition) is 3. The monoisotopic (exact) mass is 277 g/mol. The first-order valence-corrected chi connectivity index (χ1v) is 8.25. The zero-order chi connectivity index (χ0) is 14.4. The fourth-order valence-electron chi connectivity index (χ4n) is 5.21. The minimum absolute atomic E-state index is 0.237. The topological polar surface area (TPSA) is 37.4 Å². The SMILES string of the molecule is CN(C)C1(C2CCCC2)CCC2(CC1)C(=O)CCC2=O. The molecule has 0 aromatic heterocycles. The molecule has 112 valence electrons. The third-order valence-corrected chi connectivity index (χ3v) is 6.62. The lowest BCUT2D eigenvalue weighted by molar-refractivity contribution is -0.140. The summed E-state index contributed by atoms with van der Waals surface area (Å²) in [6.45, 7) is 0. The second-order valence-electron chi connectivity index (χ2n) is 7.41. The molecule has 0 aromatic rings. The summed E-state index contributed by atoms with van der Waals surface area (Å²) in [6, 6.07) is 0. The molecule has 0 amide bonds. The number of nitrogens with zero attached hydrogens (tertiary/aromatic N) is 1. The van der Waals surface area contributed by atoms with E-state index in [0.717, 1.165) is 31.6 Å². The van der Waals surface area contributed by atoms with Crippen molar-refractivity contribution < 1.29 is 9.59 Å². The van der Waals surface area contributed by atoms with E-state index in [4.69, 9.17) is 0 Å². The zero-order valence-corrected chi connectivity index (χ0v) is 12.9. The van der Waals surface area contributed by atoms with Crippen LogP contribution in [0.3, 0.4) is 0 Å². The van der Waals surface area contributed by atoms with Gasteiger partial charge >= 0.3 is 0 Å². The van der Waals surface area contributed by atoms with E-state index in [1.807, 2.05) is 0 Å². The van der Waals surface area contributed by atoms with Gasteiger partial charge < -0.3 is 4.90 Å². The van der Waals surface area contributed by atoms with Gasteiger partial charge in [0.1, 0.15) is 11.6 Å². The van der Waals surface area contributed by atoms with Crippen LogP contribution in [-0.2, 0) is 9.59 Å². The van der Waals surface area contributed by atoms with Gasteiger partial charge in [0.2, 0.25) is 0 Å². The quantitative estimate of drug-likeness (QED) is 0.728. The van der Waals surface area contributed by atoms with E-state index in [2.05, 4.69) is 19.0 Å². The predicted octanol–water partition coefficient (Wildman–Crippen LogP) is 2.97. The summed E-state index contributed by atoms with van der Waals surface area (Å²) in [5.74, 6) is 1.24. The summed E-state index contributed by atoms with van der Waals surface area (Å²) in [5, 5.41) is 0. The average molecular weight is 277 g/mol. The molecule has 0 unspecified atom stereocenters. The fraction of sp³-hybridized carbons (Fsp3) is 0.882. The van der Waals surface area contributed by atoms with Crippen LogP contribution in [0.1, 0.15) is 64.2 Å². The molecule has 0 saturated heterocycles. The Morgan fingerprint density at radius 2 is 1.40 bits per heavy atom. The van der Waals surface area contributed by atoms with Crippen molar-refractivity contribution in [2.75, 3.05) is 14.1 Å². The van der Waals surface area contributed by atoms with E-state index in [0.29, 0.717) is 12.8 Å². The molecule has 0 radical (unpaired) electrons. The molecule has 3 heteroatoms. The summed E-state index contributed by atoms with van der Waals surface area (Å²) in [7, 11) is 4.38. The van der Waals surface area contributed by atoms with Crippen LogP contribution in [0.2, 0.25) is 0 Å². The molecule has 0 aliphatic heterocycles. The molecule has 3 rings (SSSR count). The van der Waals surface area contributed by atoms with E-state index in [1.54, 1.807) is 0 Å². The van der Waals surface area contributed by atoms with Crippen LogP contribution in [0.5, 0.6) is 0 Å². The van der Waals surface area contributed by atoms with Gasteiger partial charge in [0.05, 0.1) is 5.41 Å². The Balaban J connectivity index is 1.81. The number of ketones is 2. The van der Waals surface area contributed by atoms with Crippen molar-refractivity contribution in [3.63, 3.8) is 0 Å². The third-order valence-electron chi connectivity index (χ3n) is 6.62. The van der Waals surface area contributed by atoms with Gasteiger partial charge in [-0.25, -0.2) is 0 Å². The molecule has 1 spiro atoms. The lowest BCUT2D eigenvalue weighted by Crippen LogP contribution is -2.55. The number of hydrogen-bond donors (Lipinski definition) is 0. The molecule has 0 bridgehead atoms.